The minimum absolute atomic E-state index is 0.289. The molecule has 10 heteroatoms. The minimum atomic E-state index is -1.10. The fourth-order valence-electron chi connectivity index (χ4n) is 4.28. The van der Waals surface area contributed by atoms with Crippen LogP contribution in [0.4, 0.5) is 0 Å². The van der Waals surface area contributed by atoms with Gasteiger partial charge in [0.25, 0.3) is 0 Å². The van der Waals surface area contributed by atoms with Gasteiger partial charge in [-0.3, -0.25) is 0 Å². The minimum Gasteiger partial charge on any atom is -0.491 e. The summed E-state index contributed by atoms with van der Waals surface area (Å²) in [5, 5.41) is 1.61. The third kappa shape index (κ3) is 5.06. The molecule has 0 radical (unpaired) electrons. The van der Waals surface area contributed by atoms with Gasteiger partial charge in [-0.2, -0.15) is 0 Å². The molecule has 1 fully saturated rings. The van der Waals surface area contributed by atoms with Crippen molar-refractivity contribution in [3.8, 4) is 17.2 Å². The summed E-state index contributed by atoms with van der Waals surface area (Å²) in [6.45, 7) is 0.990. The highest BCUT2D eigenvalue weighted by atomic mass is 35.5. The van der Waals surface area contributed by atoms with E-state index in [4.69, 9.17) is 53.4 Å². The van der Waals surface area contributed by atoms with Crippen molar-refractivity contribution in [3.05, 3.63) is 100 Å². The smallest absolute Gasteiger partial charge is 0.227 e. The normalized spacial score (nSPS) is 19.5. The summed E-state index contributed by atoms with van der Waals surface area (Å²) in [4.78, 5) is 8.64. The van der Waals surface area contributed by atoms with Crippen molar-refractivity contribution >= 4 is 45.9 Å². The molecule has 2 atom stereocenters. The molecule has 3 heterocycles. The van der Waals surface area contributed by atoms with E-state index < -0.39 is 5.79 Å². The number of rotatable bonds is 7. The molecule has 188 valence electrons. The number of hydrogen-bond acceptors (Lipinski definition) is 6. The van der Waals surface area contributed by atoms with Crippen LogP contribution in [0.25, 0.3) is 22.6 Å². The second kappa shape index (κ2) is 10.0. The molecule has 0 unspecified atom stereocenters. The van der Waals surface area contributed by atoms with Crippen LogP contribution in [-0.2, 0) is 21.8 Å². The van der Waals surface area contributed by atoms with Crippen LogP contribution in [0, 0.1) is 0 Å². The van der Waals surface area contributed by atoms with Gasteiger partial charge in [0, 0.05) is 33.6 Å². The number of hydrogen-bond donors (Lipinski definition) is 0. The van der Waals surface area contributed by atoms with E-state index in [1.54, 1.807) is 42.9 Å². The van der Waals surface area contributed by atoms with Crippen LogP contribution in [-0.4, -0.2) is 33.9 Å². The molecule has 1 aliphatic heterocycles. The molecule has 0 saturated carbocycles. The molecule has 0 bridgehead atoms. The van der Waals surface area contributed by atoms with Crippen LogP contribution < -0.4 is 4.74 Å². The number of ether oxygens (including phenoxy) is 3. The molecule has 0 spiro atoms. The SMILES string of the molecule is Clc1ccc([C@]2(Cn3ccnc3)OC[C@@H](COc3ccc(-c4nc5cc(Cl)ccc5o4)cc3)O2)c(Cl)c1. The predicted octanol–water partition coefficient (Wildman–Crippen LogP) is 7.00. The van der Waals surface area contributed by atoms with E-state index in [0.717, 1.165) is 5.56 Å². The number of oxazole rings is 1. The predicted molar refractivity (Wildman–Crippen MR) is 141 cm³/mol. The third-order valence-corrected chi connectivity index (χ3v) is 6.82. The van der Waals surface area contributed by atoms with Gasteiger partial charge in [0.2, 0.25) is 11.7 Å². The molecular formula is C27H20Cl3N3O4. The Morgan fingerprint density at radius 3 is 2.59 bits per heavy atom. The van der Waals surface area contributed by atoms with Gasteiger partial charge >= 0.3 is 0 Å². The fraction of sp³-hybridized carbons (Fsp3) is 0.185. The zero-order valence-corrected chi connectivity index (χ0v) is 21.6. The topological polar surface area (TPSA) is 71.5 Å². The highest BCUT2D eigenvalue weighted by Crippen LogP contribution is 2.40. The lowest BCUT2D eigenvalue weighted by Crippen LogP contribution is -2.34. The highest BCUT2D eigenvalue weighted by molar-refractivity contribution is 6.35. The summed E-state index contributed by atoms with van der Waals surface area (Å²) < 4.78 is 26.4. The third-order valence-electron chi connectivity index (χ3n) is 6.04. The molecule has 3 aromatic carbocycles. The lowest BCUT2D eigenvalue weighted by Gasteiger charge is -2.30. The Hall–Kier alpha value is -3.07. The lowest BCUT2D eigenvalue weighted by atomic mass is 10.1. The summed E-state index contributed by atoms with van der Waals surface area (Å²) >= 11 is 18.7. The maximum Gasteiger partial charge on any atom is 0.227 e. The van der Waals surface area contributed by atoms with E-state index in [1.165, 1.54) is 0 Å². The summed E-state index contributed by atoms with van der Waals surface area (Å²) in [5.74, 6) is 0.0967. The molecular weight excluding hydrogens is 537 g/mol. The van der Waals surface area contributed by atoms with Gasteiger partial charge in [0.05, 0.1) is 24.5 Å². The molecule has 0 aliphatic carbocycles. The Morgan fingerprint density at radius 2 is 1.81 bits per heavy atom. The van der Waals surface area contributed by atoms with Gasteiger partial charge in [-0.05, 0) is 54.6 Å². The Bertz CT molecular complexity index is 1540. The molecule has 2 aromatic heterocycles. The van der Waals surface area contributed by atoms with Crippen molar-refractivity contribution < 1.29 is 18.6 Å². The van der Waals surface area contributed by atoms with E-state index in [-0.39, 0.29) is 12.7 Å². The van der Waals surface area contributed by atoms with Crippen molar-refractivity contribution in [3.63, 3.8) is 0 Å². The second-order valence-corrected chi connectivity index (χ2v) is 9.91. The van der Waals surface area contributed by atoms with Crippen molar-refractivity contribution in [2.24, 2.45) is 0 Å². The number of benzene rings is 3. The Balaban J connectivity index is 1.15. The van der Waals surface area contributed by atoms with Crippen molar-refractivity contribution in [1.82, 2.24) is 14.5 Å². The average molecular weight is 557 g/mol. The zero-order chi connectivity index (χ0) is 25.4. The van der Waals surface area contributed by atoms with E-state index in [1.807, 2.05) is 41.1 Å². The number of aromatic nitrogens is 3. The largest absolute Gasteiger partial charge is 0.491 e. The zero-order valence-electron chi connectivity index (χ0n) is 19.3. The first-order valence-electron chi connectivity index (χ1n) is 11.5. The molecule has 1 saturated heterocycles. The molecule has 0 N–H and O–H groups in total. The Kier molecular flexibility index (Phi) is 6.56. The maximum atomic E-state index is 6.54. The van der Waals surface area contributed by atoms with Crippen molar-refractivity contribution in [1.29, 1.82) is 0 Å². The molecule has 1 aliphatic rings. The first-order chi connectivity index (χ1) is 18.0. The molecule has 7 nitrogen and oxygen atoms in total. The van der Waals surface area contributed by atoms with Gasteiger partial charge in [-0.15, -0.1) is 0 Å². The van der Waals surface area contributed by atoms with Crippen LogP contribution in [0.15, 0.2) is 83.8 Å². The number of fused-ring (bicyclic) bond motifs is 1. The fourth-order valence-corrected chi connectivity index (χ4v) is 5.00. The van der Waals surface area contributed by atoms with Crippen molar-refractivity contribution in [2.45, 2.75) is 18.4 Å². The van der Waals surface area contributed by atoms with Gasteiger partial charge in [0.1, 0.15) is 24.0 Å². The van der Waals surface area contributed by atoms with E-state index in [2.05, 4.69) is 9.97 Å². The van der Waals surface area contributed by atoms with Gasteiger partial charge in [0.15, 0.2) is 5.58 Å². The molecule has 37 heavy (non-hydrogen) atoms. The highest BCUT2D eigenvalue weighted by Gasteiger charge is 2.45. The van der Waals surface area contributed by atoms with E-state index in [9.17, 15) is 0 Å². The summed E-state index contributed by atoms with van der Waals surface area (Å²) in [6, 6.07) is 18.1. The first kappa shape index (κ1) is 24.3. The maximum absolute atomic E-state index is 6.54. The number of nitrogens with zero attached hydrogens (tertiary/aromatic N) is 3. The van der Waals surface area contributed by atoms with Crippen LogP contribution in [0.2, 0.25) is 15.1 Å². The number of imidazole rings is 1. The van der Waals surface area contributed by atoms with Gasteiger partial charge in [-0.25, -0.2) is 9.97 Å². The standard InChI is InChI=1S/C27H20Cl3N3O4/c28-18-3-7-22(23(30)11-18)27(15-33-10-9-31-16-33)35-14-21(37-27)13-34-20-5-1-17(2-6-20)26-32-24-12-19(29)4-8-25(24)36-26/h1-12,16,21H,13-15H2/t21-,27-/m1/s1. The lowest BCUT2D eigenvalue weighted by molar-refractivity contribution is -0.189. The number of halogens is 3. The summed E-state index contributed by atoms with van der Waals surface area (Å²) in [7, 11) is 0. The average Bonchev–Trinajstić information content (AvgIpc) is 3.64. The Morgan fingerprint density at radius 1 is 1.00 bits per heavy atom. The van der Waals surface area contributed by atoms with Crippen LogP contribution in [0.3, 0.4) is 0 Å². The summed E-state index contributed by atoms with van der Waals surface area (Å²) in [6.07, 6.45) is 4.92. The molecule has 5 aromatic rings. The van der Waals surface area contributed by atoms with E-state index in [0.29, 0.717) is 56.5 Å². The van der Waals surface area contributed by atoms with Gasteiger partial charge < -0.3 is 23.2 Å². The Labute approximate surface area is 227 Å². The van der Waals surface area contributed by atoms with Crippen molar-refractivity contribution in [2.75, 3.05) is 13.2 Å². The quantitative estimate of drug-likeness (QED) is 0.215. The van der Waals surface area contributed by atoms with Crippen LogP contribution in [0.1, 0.15) is 5.56 Å². The van der Waals surface area contributed by atoms with Gasteiger partial charge in [-0.1, -0.05) is 40.9 Å². The molecule has 6 rings (SSSR count). The van der Waals surface area contributed by atoms with Crippen LogP contribution >= 0.6 is 34.8 Å². The van der Waals surface area contributed by atoms with E-state index >= 15 is 0 Å². The van der Waals surface area contributed by atoms with Crippen LogP contribution in [0.5, 0.6) is 5.75 Å². The second-order valence-electron chi connectivity index (χ2n) is 8.63. The first-order valence-corrected chi connectivity index (χ1v) is 12.6. The summed E-state index contributed by atoms with van der Waals surface area (Å²) in [5.41, 5.74) is 2.91. The molecule has 0 amide bonds. The monoisotopic (exact) mass is 555 g/mol.